The summed E-state index contributed by atoms with van der Waals surface area (Å²) in [5, 5.41) is 0.417. The normalized spacial score (nSPS) is 12.2. The summed E-state index contributed by atoms with van der Waals surface area (Å²) in [6, 6.07) is 8.42. The lowest BCUT2D eigenvalue weighted by molar-refractivity contribution is -0.121. The number of carbonyl (C=O) groups is 1. The van der Waals surface area contributed by atoms with E-state index >= 15 is 0 Å². The van der Waals surface area contributed by atoms with Gasteiger partial charge in [-0.25, -0.2) is 5.84 Å². The third kappa shape index (κ3) is 4.68. The van der Waals surface area contributed by atoms with Gasteiger partial charge in [0.25, 0.3) is 0 Å². The maximum absolute atomic E-state index is 11.0. The highest BCUT2D eigenvalue weighted by Crippen LogP contribution is 2.25. The van der Waals surface area contributed by atoms with E-state index in [1.54, 1.807) is 11.8 Å². The van der Waals surface area contributed by atoms with Crippen LogP contribution in [0.15, 0.2) is 29.2 Å². The second-order valence-corrected chi connectivity index (χ2v) is 5.36. The number of nitrogens with two attached hydrogens (primary N) is 1. The van der Waals surface area contributed by atoms with Crippen LogP contribution in [0.3, 0.4) is 0 Å². The summed E-state index contributed by atoms with van der Waals surface area (Å²) >= 11 is 1.78. The van der Waals surface area contributed by atoms with E-state index in [0.29, 0.717) is 11.7 Å². The van der Waals surface area contributed by atoms with Crippen LogP contribution in [-0.4, -0.2) is 11.2 Å². The van der Waals surface area contributed by atoms with E-state index in [1.807, 2.05) is 0 Å². The van der Waals surface area contributed by atoms with Crippen molar-refractivity contribution in [2.45, 2.75) is 36.8 Å². The van der Waals surface area contributed by atoms with Crippen molar-refractivity contribution in [2.75, 3.05) is 0 Å². The lowest BCUT2D eigenvalue weighted by Crippen LogP contribution is -2.30. The molecule has 0 radical (unpaired) electrons. The first-order valence-corrected chi connectivity index (χ1v) is 6.22. The Hall–Kier alpha value is -1.00. The lowest BCUT2D eigenvalue weighted by atomic mass is 10.2. The van der Waals surface area contributed by atoms with Crippen LogP contribution in [0.1, 0.15) is 25.3 Å². The van der Waals surface area contributed by atoms with E-state index in [0.717, 1.165) is 6.42 Å². The Morgan fingerprint density at radius 2 is 2.06 bits per heavy atom. The zero-order chi connectivity index (χ0) is 12.0. The SMILES string of the molecule is Cc1ccc(SC(C)CCC(=O)NN)cc1. The highest BCUT2D eigenvalue weighted by atomic mass is 32.2. The Morgan fingerprint density at radius 1 is 1.44 bits per heavy atom. The summed E-state index contributed by atoms with van der Waals surface area (Å²) in [6.07, 6.45) is 1.32. The van der Waals surface area contributed by atoms with Crippen molar-refractivity contribution < 1.29 is 4.79 Å². The van der Waals surface area contributed by atoms with Crippen LogP contribution in [0, 0.1) is 6.92 Å². The first-order valence-electron chi connectivity index (χ1n) is 5.34. The number of nitrogens with one attached hydrogen (secondary N) is 1. The Morgan fingerprint density at radius 3 is 2.62 bits per heavy atom. The van der Waals surface area contributed by atoms with E-state index in [1.165, 1.54) is 10.5 Å². The average Bonchev–Trinajstić information content (AvgIpc) is 2.29. The Labute approximate surface area is 101 Å². The van der Waals surface area contributed by atoms with E-state index in [2.05, 4.69) is 43.5 Å². The van der Waals surface area contributed by atoms with Gasteiger partial charge in [-0.2, -0.15) is 0 Å². The molecule has 0 aliphatic rings. The van der Waals surface area contributed by atoms with E-state index in [4.69, 9.17) is 5.84 Å². The molecule has 0 fully saturated rings. The first kappa shape index (κ1) is 13.1. The molecule has 0 saturated carbocycles. The number of benzene rings is 1. The zero-order valence-electron chi connectivity index (χ0n) is 9.69. The van der Waals surface area contributed by atoms with Gasteiger partial charge in [0.1, 0.15) is 0 Å². The molecule has 0 saturated heterocycles. The van der Waals surface area contributed by atoms with Gasteiger partial charge in [0.15, 0.2) is 0 Å². The highest BCUT2D eigenvalue weighted by molar-refractivity contribution is 7.99. The molecule has 1 aromatic carbocycles. The summed E-state index contributed by atoms with van der Waals surface area (Å²) in [4.78, 5) is 12.2. The topological polar surface area (TPSA) is 55.1 Å². The standard InChI is InChI=1S/C12H18N2OS/c1-9-3-6-11(7-4-9)16-10(2)5-8-12(15)14-13/h3-4,6-7,10H,5,8,13H2,1-2H3,(H,14,15). The Kier molecular flexibility index (Phi) is 5.35. The summed E-state index contributed by atoms with van der Waals surface area (Å²) in [7, 11) is 0. The fourth-order valence-corrected chi connectivity index (χ4v) is 2.31. The van der Waals surface area contributed by atoms with Crippen LogP contribution < -0.4 is 11.3 Å². The average molecular weight is 238 g/mol. The fourth-order valence-electron chi connectivity index (χ4n) is 1.31. The maximum Gasteiger partial charge on any atom is 0.233 e. The molecule has 1 amide bonds. The number of amides is 1. The highest BCUT2D eigenvalue weighted by Gasteiger charge is 2.07. The lowest BCUT2D eigenvalue weighted by Gasteiger charge is -2.10. The van der Waals surface area contributed by atoms with E-state index in [-0.39, 0.29) is 5.91 Å². The maximum atomic E-state index is 11.0. The predicted molar refractivity (Wildman–Crippen MR) is 68.1 cm³/mol. The first-order chi connectivity index (χ1) is 7.61. The van der Waals surface area contributed by atoms with Crippen LogP contribution in [0.25, 0.3) is 0 Å². The number of hydrogen-bond acceptors (Lipinski definition) is 3. The molecule has 1 aromatic rings. The molecule has 3 N–H and O–H groups in total. The molecule has 16 heavy (non-hydrogen) atoms. The van der Waals surface area contributed by atoms with Crippen LogP contribution >= 0.6 is 11.8 Å². The molecule has 88 valence electrons. The number of thioether (sulfide) groups is 1. The molecule has 1 unspecified atom stereocenters. The largest absolute Gasteiger partial charge is 0.294 e. The summed E-state index contributed by atoms with van der Waals surface area (Å²) in [5.74, 6) is 4.92. The Balaban J connectivity index is 2.36. The quantitative estimate of drug-likeness (QED) is 0.358. The molecule has 4 heteroatoms. The molecular formula is C12H18N2OS. The summed E-state index contributed by atoms with van der Waals surface area (Å²) in [5.41, 5.74) is 3.41. The predicted octanol–water partition coefficient (Wildman–Crippen LogP) is 2.25. The number of hydrazine groups is 1. The molecule has 0 aliphatic carbocycles. The minimum atomic E-state index is -0.101. The number of hydrogen-bond donors (Lipinski definition) is 2. The molecule has 1 atom stereocenters. The van der Waals surface area contributed by atoms with Gasteiger partial charge in [-0.05, 0) is 25.5 Å². The van der Waals surface area contributed by atoms with Crippen molar-refractivity contribution in [1.82, 2.24) is 5.43 Å². The second kappa shape index (κ2) is 6.55. The monoisotopic (exact) mass is 238 g/mol. The third-order valence-corrected chi connectivity index (χ3v) is 3.48. The molecule has 0 aromatic heterocycles. The van der Waals surface area contributed by atoms with Gasteiger partial charge < -0.3 is 0 Å². The van der Waals surface area contributed by atoms with Gasteiger partial charge in [0, 0.05) is 16.6 Å². The van der Waals surface area contributed by atoms with Crippen molar-refractivity contribution in [3.8, 4) is 0 Å². The summed E-state index contributed by atoms with van der Waals surface area (Å²) in [6.45, 7) is 4.19. The number of carbonyl (C=O) groups excluding carboxylic acids is 1. The van der Waals surface area contributed by atoms with Crippen LogP contribution in [-0.2, 0) is 4.79 Å². The van der Waals surface area contributed by atoms with Gasteiger partial charge in [-0.1, -0.05) is 24.6 Å². The van der Waals surface area contributed by atoms with Crippen molar-refractivity contribution >= 4 is 17.7 Å². The minimum absolute atomic E-state index is 0.101. The van der Waals surface area contributed by atoms with Gasteiger partial charge in [0.2, 0.25) is 5.91 Å². The van der Waals surface area contributed by atoms with Crippen molar-refractivity contribution in [3.05, 3.63) is 29.8 Å². The minimum Gasteiger partial charge on any atom is -0.294 e. The number of rotatable bonds is 5. The van der Waals surface area contributed by atoms with E-state index in [9.17, 15) is 4.79 Å². The van der Waals surface area contributed by atoms with Crippen LogP contribution in [0.5, 0.6) is 0 Å². The van der Waals surface area contributed by atoms with Crippen molar-refractivity contribution in [2.24, 2.45) is 5.84 Å². The summed E-state index contributed by atoms with van der Waals surface area (Å²) < 4.78 is 0. The molecule has 0 heterocycles. The van der Waals surface area contributed by atoms with Crippen LogP contribution in [0.2, 0.25) is 0 Å². The number of aryl methyl sites for hydroxylation is 1. The van der Waals surface area contributed by atoms with Crippen molar-refractivity contribution in [3.63, 3.8) is 0 Å². The molecule has 0 spiro atoms. The third-order valence-electron chi connectivity index (χ3n) is 2.30. The molecule has 0 aliphatic heterocycles. The molecule has 0 bridgehead atoms. The van der Waals surface area contributed by atoms with Gasteiger partial charge >= 0.3 is 0 Å². The second-order valence-electron chi connectivity index (χ2n) is 3.85. The smallest absolute Gasteiger partial charge is 0.233 e. The van der Waals surface area contributed by atoms with E-state index < -0.39 is 0 Å². The van der Waals surface area contributed by atoms with Crippen LogP contribution in [0.4, 0.5) is 0 Å². The van der Waals surface area contributed by atoms with Gasteiger partial charge in [-0.3, -0.25) is 10.2 Å². The van der Waals surface area contributed by atoms with Crippen molar-refractivity contribution in [1.29, 1.82) is 0 Å². The van der Waals surface area contributed by atoms with Gasteiger partial charge in [0.05, 0.1) is 0 Å². The molecule has 1 rings (SSSR count). The fraction of sp³-hybridized carbons (Fsp3) is 0.417. The van der Waals surface area contributed by atoms with Gasteiger partial charge in [-0.15, -0.1) is 11.8 Å². The zero-order valence-corrected chi connectivity index (χ0v) is 10.5. The molecule has 3 nitrogen and oxygen atoms in total. The molecular weight excluding hydrogens is 220 g/mol. The Bertz CT molecular complexity index is 337.